The third kappa shape index (κ3) is 5.35. The summed E-state index contributed by atoms with van der Waals surface area (Å²) in [6.45, 7) is 9.81. The van der Waals surface area contributed by atoms with Crippen molar-refractivity contribution in [2.75, 3.05) is 0 Å². The normalized spacial score (nSPS) is 16.9. The Kier molecular flexibility index (Phi) is 6.37. The second-order valence-electron chi connectivity index (χ2n) is 6.51. The summed E-state index contributed by atoms with van der Waals surface area (Å²) in [6, 6.07) is 9.79. The van der Waals surface area contributed by atoms with E-state index >= 15 is 0 Å². The number of benzene rings is 1. The average molecular weight is 297 g/mol. The van der Waals surface area contributed by atoms with Gasteiger partial charge in [0.15, 0.2) is 0 Å². The van der Waals surface area contributed by atoms with Crippen LogP contribution in [0.1, 0.15) is 52.6 Å². The van der Waals surface area contributed by atoms with E-state index in [9.17, 15) is 9.32 Å². The summed E-state index contributed by atoms with van der Waals surface area (Å²) < 4.78 is 15.2. The summed E-state index contributed by atoms with van der Waals surface area (Å²) in [6.07, 6.45) is 0.147. The Morgan fingerprint density at radius 3 is 2.20 bits per heavy atom. The van der Waals surface area contributed by atoms with Gasteiger partial charge in [-0.3, -0.25) is 0 Å². The lowest BCUT2D eigenvalue weighted by Crippen LogP contribution is -2.37. The minimum atomic E-state index is -1.16. The van der Waals surface area contributed by atoms with Crippen LogP contribution in [0.5, 0.6) is 0 Å². The molecule has 0 spiro atoms. The molecule has 1 aromatic rings. The molecule has 1 unspecified atom stereocenters. The van der Waals surface area contributed by atoms with Crippen molar-refractivity contribution in [1.29, 1.82) is 0 Å². The maximum absolute atomic E-state index is 12.3. The van der Waals surface area contributed by atoms with Crippen LogP contribution in [0.2, 0.25) is 0 Å². The fourth-order valence-electron chi connectivity index (χ4n) is 1.76. The highest BCUT2D eigenvalue weighted by Gasteiger charge is 2.25. The molecule has 0 aliphatic carbocycles. The molecular formula is C16H27NO2S. The van der Waals surface area contributed by atoms with Gasteiger partial charge in [-0.2, -0.15) is 0 Å². The van der Waals surface area contributed by atoms with E-state index in [1.54, 1.807) is 0 Å². The number of rotatable bonds is 6. The highest BCUT2D eigenvalue weighted by atomic mass is 32.2. The zero-order chi connectivity index (χ0) is 15.3. The van der Waals surface area contributed by atoms with Gasteiger partial charge in [0.1, 0.15) is 0 Å². The number of hydrogen-bond acceptors (Lipinski definition) is 2. The van der Waals surface area contributed by atoms with Crippen molar-refractivity contribution in [2.45, 2.75) is 57.9 Å². The summed E-state index contributed by atoms with van der Waals surface area (Å²) in [5.41, 5.74) is 1.06. The van der Waals surface area contributed by atoms with Gasteiger partial charge in [0, 0.05) is 6.04 Å². The van der Waals surface area contributed by atoms with Crippen molar-refractivity contribution in [3.8, 4) is 0 Å². The molecule has 0 saturated heterocycles. The van der Waals surface area contributed by atoms with Crippen LogP contribution < -0.4 is 4.72 Å². The predicted octanol–water partition coefficient (Wildman–Crippen LogP) is 3.19. The van der Waals surface area contributed by atoms with Crippen LogP contribution in [0.15, 0.2) is 30.3 Å². The third-order valence-electron chi connectivity index (χ3n) is 3.25. The summed E-state index contributed by atoms with van der Waals surface area (Å²) in [7, 11) is -1.16. The Morgan fingerprint density at radius 1 is 1.20 bits per heavy atom. The molecule has 20 heavy (non-hydrogen) atoms. The number of aliphatic hydroxyl groups is 1. The summed E-state index contributed by atoms with van der Waals surface area (Å²) in [5, 5.41) is 10.1. The van der Waals surface area contributed by atoms with Gasteiger partial charge in [0.05, 0.1) is 21.8 Å². The molecule has 0 amide bonds. The molecule has 0 heterocycles. The fraction of sp³-hybridized carbons (Fsp3) is 0.625. The molecule has 3 atom stereocenters. The largest absolute Gasteiger partial charge is 0.393 e. The zero-order valence-electron chi connectivity index (χ0n) is 13.1. The van der Waals surface area contributed by atoms with E-state index in [0.29, 0.717) is 6.42 Å². The number of nitrogens with one attached hydrogen (secondary N) is 1. The molecule has 0 fully saturated rings. The summed E-state index contributed by atoms with van der Waals surface area (Å²) in [4.78, 5) is 0. The summed E-state index contributed by atoms with van der Waals surface area (Å²) >= 11 is 0. The SMILES string of the molecule is CC(C)[C@@H](O)C[C@H](NS(=O)C(C)(C)C)c1ccccc1. The second kappa shape index (κ2) is 7.34. The van der Waals surface area contributed by atoms with Gasteiger partial charge in [-0.15, -0.1) is 0 Å². The smallest absolute Gasteiger partial charge is 0.0975 e. The van der Waals surface area contributed by atoms with Crippen molar-refractivity contribution >= 4 is 11.0 Å². The van der Waals surface area contributed by atoms with Crippen LogP contribution in [0.25, 0.3) is 0 Å². The second-order valence-corrected chi connectivity index (χ2v) is 8.51. The quantitative estimate of drug-likeness (QED) is 0.847. The monoisotopic (exact) mass is 297 g/mol. The Morgan fingerprint density at radius 2 is 1.75 bits per heavy atom. The molecule has 1 aromatic carbocycles. The van der Waals surface area contributed by atoms with Crippen molar-refractivity contribution in [3.05, 3.63) is 35.9 Å². The van der Waals surface area contributed by atoms with Crippen molar-refractivity contribution in [2.24, 2.45) is 5.92 Å². The highest BCUT2D eigenvalue weighted by molar-refractivity contribution is 7.84. The van der Waals surface area contributed by atoms with Gasteiger partial charge >= 0.3 is 0 Å². The van der Waals surface area contributed by atoms with Crippen LogP contribution in [0.3, 0.4) is 0 Å². The lowest BCUT2D eigenvalue weighted by atomic mass is 9.96. The van der Waals surface area contributed by atoms with Crippen LogP contribution in [0, 0.1) is 5.92 Å². The molecule has 0 aromatic heterocycles. The number of aliphatic hydroxyl groups excluding tert-OH is 1. The van der Waals surface area contributed by atoms with E-state index < -0.39 is 17.1 Å². The van der Waals surface area contributed by atoms with Crippen molar-refractivity contribution in [3.63, 3.8) is 0 Å². The molecule has 1 rings (SSSR count). The average Bonchev–Trinajstić information content (AvgIpc) is 2.37. The molecule has 0 bridgehead atoms. The molecule has 2 N–H and O–H groups in total. The van der Waals surface area contributed by atoms with E-state index in [4.69, 9.17) is 0 Å². The molecule has 0 radical (unpaired) electrons. The van der Waals surface area contributed by atoms with Gasteiger partial charge in [-0.05, 0) is 38.7 Å². The zero-order valence-corrected chi connectivity index (χ0v) is 13.9. The summed E-state index contributed by atoms with van der Waals surface area (Å²) in [5.74, 6) is 0.186. The first kappa shape index (κ1) is 17.3. The Bertz CT molecular complexity index is 426. The molecule has 0 saturated carbocycles. The number of hydrogen-bond donors (Lipinski definition) is 2. The van der Waals surface area contributed by atoms with E-state index in [2.05, 4.69) is 4.72 Å². The van der Waals surface area contributed by atoms with Gasteiger partial charge < -0.3 is 5.11 Å². The first-order valence-corrected chi connectivity index (χ1v) is 8.28. The lowest BCUT2D eigenvalue weighted by Gasteiger charge is -2.27. The van der Waals surface area contributed by atoms with Crippen LogP contribution >= 0.6 is 0 Å². The Hall–Kier alpha value is -0.710. The lowest BCUT2D eigenvalue weighted by molar-refractivity contribution is 0.107. The van der Waals surface area contributed by atoms with Gasteiger partial charge in [-0.25, -0.2) is 8.93 Å². The fourth-order valence-corrected chi connectivity index (χ4v) is 2.60. The van der Waals surface area contributed by atoms with Gasteiger partial charge in [0.25, 0.3) is 0 Å². The molecule has 4 heteroatoms. The van der Waals surface area contributed by atoms with Crippen LogP contribution in [-0.2, 0) is 11.0 Å². The first-order chi connectivity index (χ1) is 9.21. The molecule has 0 aliphatic rings. The molecular weight excluding hydrogens is 270 g/mol. The predicted molar refractivity (Wildman–Crippen MR) is 85.7 cm³/mol. The first-order valence-electron chi connectivity index (χ1n) is 7.13. The third-order valence-corrected chi connectivity index (χ3v) is 4.87. The van der Waals surface area contributed by atoms with Gasteiger partial charge in [0.2, 0.25) is 0 Å². The van der Waals surface area contributed by atoms with Crippen molar-refractivity contribution in [1.82, 2.24) is 4.72 Å². The Balaban J connectivity index is 2.88. The Labute approximate surface area is 125 Å². The molecule has 0 aliphatic heterocycles. The maximum Gasteiger partial charge on any atom is 0.0975 e. The van der Waals surface area contributed by atoms with E-state index in [1.165, 1.54) is 0 Å². The van der Waals surface area contributed by atoms with Crippen molar-refractivity contribution < 1.29 is 9.32 Å². The highest BCUT2D eigenvalue weighted by Crippen LogP contribution is 2.23. The van der Waals surface area contributed by atoms with E-state index in [1.807, 2.05) is 65.0 Å². The van der Waals surface area contributed by atoms with Crippen LogP contribution in [0.4, 0.5) is 0 Å². The topological polar surface area (TPSA) is 49.3 Å². The van der Waals surface area contributed by atoms with Crippen LogP contribution in [-0.4, -0.2) is 20.2 Å². The van der Waals surface area contributed by atoms with Gasteiger partial charge in [-0.1, -0.05) is 44.2 Å². The standard InChI is InChI=1S/C16H27NO2S/c1-12(2)15(18)11-14(13-9-7-6-8-10-13)17-20(19)16(3,4)5/h6-10,12,14-15,17-18H,11H2,1-5H3/t14-,15-,20?/m0/s1. The molecule has 3 nitrogen and oxygen atoms in total. The van der Waals surface area contributed by atoms with E-state index in [-0.39, 0.29) is 16.7 Å². The minimum absolute atomic E-state index is 0.103. The molecule has 114 valence electrons. The minimum Gasteiger partial charge on any atom is -0.393 e. The maximum atomic E-state index is 12.3. The van der Waals surface area contributed by atoms with E-state index in [0.717, 1.165) is 5.56 Å².